The average molecular weight is 565 g/mol. The fourth-order valence-corrected chi connectivity index (χ4v) is 7.19. The molecule has 1 aliphatic carbocycles. The van der Waals surface area contributed by atoms with Gasteiger partial charge in [0.2, 0.25) is 4.90 Å². The van der Waals surface area contributed by atoms with Crippen LogP contribution in [0.5, 0.6) is 0 Å². The van der Waals surface area contributed by atoms with Crippen LogP contribution >= 0.6 is 0 Å². The number of nitrogens with one attached hydrogen (secondary N) is 1. The zero-order chi connectivity index (χ0) is 28.5. The Hall–Kier alpha value is -2.49. The van der Waals surface area contributed by atoms with Crippen molar-refractivity contribution in [2.24, 2.45) is 5.41 Å². The minimum Gasteiger partial charge on any atom is -0.316 e. The Morgan fingerprint density at radius 1 is 1.10 bits per heavy atom. The van der Waals surface area contributed by atoms with Crippen molar-refractivity contribution in [3.63, 3.8) is 0 Å². The summed E-state index contributed by atoms with van der Waals surface area (Å²) in [7, 11) is 4.21. The molecule has 2 heterocycles. The molecule has 0 radical (unpaired) electrons. The van der Waals surface area contributed by atoms with Gasteiger partial charge in [-0.05, 0) is 105 Å². The van der Waals surface area contributed by atoms with Gasteiger partial charge in [0.05, 0.1) is 30.7 Å². The Morgan fingerprint density at radius 3 is 2.50 bits per heavy atom. The van der Waals surface area contributed by atoms with Crippen LogP contribution in [-0.2, 0) is 23.2 Å². The van der Waals surface area contributed by atoms with Gasteiger partial charge in [0, 0.05) is 12.0 Å². The molecule has 1 aliphatic heterocycles. The number of piperidine rings is 1. The van der Waals surface area contributed by atoms with E-state index in [1.807, 2.05) is 10.9 Å². The normalized spacial score (nSPS) is 20.2. The number of fused-ring (bicyclic) bond motifs is 2. The highest BCUT2D eigenvalue weighted by atomic mass is 32.2. The van der Waals surface area contributed by atoms with Crippen molar-refractivity contribution in [3.05, 3.63) is 82.9 Å². The van der Waals surface area contributed by atoms with Crippen molar-refractivity contribution in [1.82, 2.24) is 24.3 Å². The van der Waals surface area contributed by atoms with Crippen molar-refractivity contribution in [3.8, 4) is 5.69 Å². The molecule has 2 N–H and O–H groups in total. The molecule has 8 heteroatoms. The SMILES string of the molecule is CN(C)CCCNCC12Cc3cnn(-c4ccc(F)cc4)c3C=C1CCN([S+](O)c1ccc(C(C)(C)C)cc1)C2. The summed E-state index contributed by atoms with van der Waals surface area (Å²) in [6.45, 7) is 11.1. The molecule has 2 atom stereocenters. The van der Waals surface area contributed by atoms with Crippen molar-refractivity contribution in [1.29, 1.82) is 0 Å². The first kappa shape index (κ1) is 29.0. The van der Waals surface area contributed by atoms with Gasteiger partial charge in [-0.2, -0.15) is 9.65 Å². The quantitative estimate of drug-likeness (QED) is 0.264. The fraction of sp³-hybridized carbons (Fsp3) is 0.469. The second kappa shape index (κ2) is 11.8. The molecule has 6 nitrogen and oxygen atoms in total. The van der Waals surface area contributed by atoms with E-state index in [4.69, 9.17) is 5.10 Å². The molecular formula is C32H43FN5OS+. The van der Waals surface area contributed by atoms with Gasteiger partial charge < -0.3 is 10.2 Å². The van der Waals surface area contributed by atoms with Gasteiger partial charge >= 0.3 is 0 Å². The third kappa shape index (κ3) is 6.21. The lowest BCUT2D eigenvalue weighted by molar-refractivity contribution is 0.205. The Bertz CT molecular complexity index is 1330. The summed E-state index contributed by atoms with van der Waals surface area (Å²) in [6.07, 6.45) is 7.10. The smallest absolute Gasteiger partial charge is 0.278 e. The maximum Gasteiger partial charge on any atom is 0.278 e. The van der Waals surface area contributed by atoms with Crippen molar-refractivity contribution >= 4 is 17.4 Å². The second-order valence-electron chi connectivity index (χ2n) is 12.6. The molecule has 2 aromatic carbocycles. The van der Waals surface area contributed by atoms with Gasteiger partial charge in [0.15, 0.2) is 0 Å². The minimum absolute atomic E-state index is 0.0812. The molecule has 0 saturated carbocycles. The van der Waals surface area contributed by atoms with E-state index in [1.54, 1.807) is 12.1 Å². The Labute approximate surface area is 241 Å². The second-order valence-corrected chi connectivity index (χ2v) is 14.1. The number of nitrogens with zero attached hydrogens (tertiary/aromatic N) is 4. The first-order valence-corrected chi connectivity index (χ1v) is 15.4. The van der Waals surface area contributed by atoms with E-state index >= 15 is 0 Å². The molecule has 2 unspecified atom stereocenters. The summed E-state index contributed by atoms with van der Waals surface area (Å²) in [5.74, 6) is -0.248. The Kier molecular flexibility index (Phi) is 8.55. The van der Waals surface area contributed by atoms with Crippen LogP contribution in [0, 0.1) is 11.2 Å². The molecule has 40 heavy (non-hydrogen) atoms. The van der Waals surface area contributed by atoms with E-state index < -0.39 is 11.4 Å². The summed E-state index contributed by atoms with van der Waals surface area (Å²) in [4.78, 5) is 3.18. The number of aromatic nitrogens is 2. The molecule has 3 aromatic rings. The summed E-state index contributed by atoms with van der Waals surface area (Å²) in [6, 6.07) is 15.0. The Morgan fingerprint density at radius 2 is 1.82 bits per heavy atom. The molecule has 1 saturated heterocycles. The molecule has 0 spiro atoms. The first-order chi connectivity index (χ1) is 19.1. The molecule has 0 amide bonds. The average Bonchev–Trinajstić information content (AvgIpc) is 3.32. The van der Waals surface area contributed by atoms with Gasteiger partial charge in [-0.1, -0.05) is 42.8 Å². The van der Waals surface area contributed by atoms with Crippen LogP contribution in [0.1, 0.15) is 50.4 Å². The summed E-state index contributed by atoms with van der Waals surface area (Å²) >= 11 is -0.980. The van der Waals surface area contributed by atoms with E-state index in [9.17, 15) is 8.94 Å². The van der Waals surface area contributed by atoms with Crippen molar-refractivity contribution < 1.29 is 8.94 Å². The van der Waals surface area contributed by atoms with Crippen LogP contribution in [0.15, 0.2) is 65.2 Å². The van der Waals surface area contributed by atoms with E-state index in [2.05, 4.69) is 79.7 Å². The van der Waals surface area contributed by atoms with Gasteiger partial charge in [0.1, 0.15) is 5.82 Å². The first-order valence-electron chi connectivity index (χ1n) is 14.2. The maximum atomic E-state index is 13.6. The van der Waals surface area contributed by atoms with Gasteiger partial charge in [-0.15, -0.1) is 0 Å². The van der Waals surface area contributed by atoms with Crippen LogP contribution < -0.4 is 5.32 Å². The van der Waals surface area contributed by atoms with Gasteiger partial charge in [-0.25, -0.2) is 9.07 Å². The standard InChI is InChI=1S/C32H43FN5OS/c1-31(2,3)25-7-13-29(14-8-25)40(39)37-18-15-26-19-30-24(21-35-38(30)28-11-9-27(33)10-12-28)20-32(26,23-37)22-34-16-6-17-36(4)5/h7-14,19,21,34,39H,6,15-18,20,22-23H2,1-5H3/q+1. The lowest BCUT2D eigenvalue weighted by atomic mass is 9.68. The highest BCUT2D eigenvalue weighted by molar-refractivity contribution is 7.89. The molecule has 0 bridgehead atoms. The number of hydrogen-bond donors (Lipinski definition) is 2. The van der Waals surface area contributed by atoms with E-state index in [0.717, 1.165) is 68.3 Å². The molecule has 1 aromatic heterocycles. The van der Waals surface area contributed by atoms with Crippen LogP contribution in [-0.4, -0.2) is 70.4 Å². The highest BCUT2D eigenvalue weighted by Crippen LogP contribution is 2.45. The van der Waals surface area contributed by atoms with E-state index in [1.165, 1.54) is 28.8 Å². The van der Waals surface area contributed by atoms with Crippen molar-refractivity contribution in [2.45, 2.75) is 50.3 Å². The predicted octanol–water partition coefficient (Wildman–Crippen LogP) is 5.55. The third-order valence-electron chi connectivity index (χ3n) is 8.19. The summed E-state index contributed by atoms with van der Waals surface area (Å²) < 4.78 is 29.3. The third-order valence-corrected chi connectivity index (χ3v) is 9.68. The fourth-order valence-electron chi connectivity index (χ4n) is 5.88. The van der Waals surface area contributed by atoms with Crippen LogP contribution in [0.4, 0.5) is 4.39 Å². The lowest BCUT2D eigenvalue weighted by Crippen LogP contribution is -2.53. The summed E-state index contributed by atoms with van der Waals surface area (Å²) in [5, 5.41) is 8.47. The van der Waals surface area contributed by atoms with Gasteiger partial charge in [-0.3, -0.25) is 0 Å². The van der Waals surface area contributed by atoms with Crippen LogP contribution in [0.2, 0.25) is 0 Å². The molecule has 214 valence electrons. The summed E-state index contributed by atoms with van der Waals surface area (Å²) in [5.41, 5.74) is 5.77. The number of hydrogen-bond acceptors (Lipinski definition) is 5. The molecule has 5 rings (SSSR count). The van der Waals surface area contributed by atoms with Crippen LogP contribution in [0.25, 0.3) is 11.8 Å². The zero-order valence-corrected chi connectivity index (χ0v) is 25.3. The van der Waals surface area contributed by atoms with Crippen molar-refractivity contribution in [2.75, 3.05) is 46.8 Å². The monoisotopic (exact) mass is 564 g/mol. The Balaban J connectivity index is 1.40. The minimum atomic E-state index is -0.980. The molecular weight excluding hydrogens is 521 g/mol. The van der Waals surface area contributed by atoms with E-state index in [0.29, 0.717) is 0 Å². The predicted molar refractivity (Wildman–Crippen MR) is 163 cm³/mol. The highest BCUT2D eigenvalue weighted by Gasteiger charge is 2.48. The van der Waals surface area contributed by atoms with E-state index in [-0.39, 0.29) is 16.6 Å². The molecule has 1 fully saturated rings. The number of rotatable bonds is 9. The zero-order valence-electron chi connectivity index (χ0n) is 24.5. The topological polar surface area (TPSA) is 56.6 Å². The maximum absolute atomic E-state index is 13.6. The largest absolute Gasteiger partial charge is 0.316 e. The van der Waals surface area contributed by atoms with Gasteiger partial charge in [0.25, 0.3) is 11.4 Å². The van der Waals surface area contributed by atoms with Crippen LogP contribution in [0.3, 0.4) is 0 Å². The number of halogens is 1. The molecule has 2 aliphatic rings. The number of benzene rings is 2. The lowest BCUT2D eigenvalue weighted by Gasteiger charge is -2.44.